The first-order valence-corrected chi connectivity index (χ1v) is 5.56. The van der Waals surface area contributed by atoms with Crippen LogP contribution in [0.3, 0.4) is 0 Å². The molecule has 94 valence electrons. The van der Waals surface area contributed by atoms with Crippen molar-refractivity contribution in [3.63, 3.8) is 0 Å². The predicted molar refractivity (Wildman–Crippen MR) is 59.6 cm³/mol. The molecule has 0 amide bonds. The fourth-order valence-electron chi connectivity index (χ4n) is 1.95. The third-order valence-corrected chi connectivity index (χ3v) is 3.01. The highest BCUT2D eigenvalue weighted by atomic mass is 19.1. The summed E-state index contributed by atoms with van der Waals surface area (Å²) in [7, 11) is 0. The minimum Gasteiger partial charge on any atom is -0.379 e. The highest BCUT2D eigenvalue weighted by molar-refractivity contribution is 5.27. The molecule has 1 aliphatic rings. The van der Waals surface area contributed by atoms with Gasteiger partial charge in [0.25, 0.3) is 5.91 Å². The maximum atomic E-state index is 13.9. The molecule has 1 fully saturated rings. The summed E-state index contributed by atoms with van der Waals surface area (Å²) in [6.45, 7) is 3.14. The molecule has 0 aromatic heterocycles. The standard InChI is InChI=1S/C12H16FNO3/c1-9-3-2-4-10(11(9)13)12(15,16)14-5-7-17-8-6-14/h2-4,15-16H,5-8H2,1H3. The van der Waals surface area contributed by atoms with Gasteiger partial charge in [0.05, 0.1) is 18.8 Å². The Morgan fingerprint density at radius 1 is 1.29 bits per heavy atom. The van der Waals surface area contributed by atoms with E-state index >= 15 is 0 Å². The molecule has 2 rings (SSSR count). The first-order chi connectivity index (χ1) is 8.03. The quantitative estimate of drug-likeness (QED) is 0.743. The van der Waals surface area contributed by atoms with E-state index in [0.29, 0.717) is 31.9 Å². The number of aliphatic hydroxyl groups is 2. The van der Waals surface area contributed by atoms with E-state index in [9.17, 15) is 14.6 Å². The van der Waals surface area contributed by atoms with Crippen LogP contribution in [0.2, 0.25) is 0 Å². The maximum Gasteiger partial charge on any atom is 0.256 e. The van der Waals surface area contributed by atoms with Crippen LogP contribution in [-0.4, -0.2) is 41.4 Å². The monoisotopic (exact) mass is 241 g/mol. The molecule has 5 heteroatoms. The maximum absolute atomic E-state index is 13.9. The van der Waals surface area contributed by atoms with Crippen LogP contribution >= 0.6 is 0 Å². The van der Waals surface area contributed by atoms with Gasteiger partial charge in [-0.2, -0.15) is 0 Å². The molecule has 4 nitrogen and oxygen atoms in total. The second kappa shape index (κ2) is 4.70. The van der Waals surface area contributed by atoms with Gasteiger partial charge in [0.1, 0.15) is 5.82 Å². The van der Waals surface area contributed by atoms with Gasteiger partial charge >= 0.3 is 0 Å². The zero-order valence-electron chi connectivity index (χ0n) is 9.69. The van der Waals surface area contributed by atoms with Crippen molar-refractivity contribution in [2.24, 2.45) is 0 Å². The van der Waals surface area contributed by atoms with E-state index in [2.05, 4.69) is 0 Å². The van der Waals surface area contributed by atoms with Gasteiger partial charge in [-0.05, 0) is 18.6 Å². The van der Waals surface area contributed by atoms with Gasteiger partial charge in [-0.3, -0.25) is 0 Å². The molecule has 17 heavy (non-hydrogen) atoms. The summed E-state index contributed by atoms with van der Waals surface area (Å²) >= 11 is 0. The Balaban J connectivity index is 2.32. The topological polar surface area (TPSA) is 52.9 Å². The average Bonchev–Trinajstić information content (AvgIpc) is 2.33. The number of benzene rings is 1. The number of rotatable bonds is 2. The van der Waals surface area contributed by atoms with Crippen LogP contribution in [0, 0.1) is 12.7 Å². The lowest BCUT2D eigenvalue weighted by Crippen LogP contribution is -2.51. The number of morpholine rings is 1. The van der Waals surface area contributed by atoms with Gasteiger partial charge in [-0.1, -0.05) is 12.1 Å². The summed E-state index contributed by atoms with van der Waals surface area (Å²) in [5, 5.41) is 20.2. The van der Waals surface area contributed by atoms with Crippen molar-refractivity contribution in [3.05, 3.63) is 35.1 Å². The molecule has 0 aliphatic carbocycles. The van der Waals surface area contributed by atoms with Crippen molar-refractivity contribution in [1.82, 2.24) is 4.90 Å². The molecule has 1 aromatic carbocycles. The summed E-state index contributed by atoms with van der Waals surface area (Å²) < 4.78 is 19.0. The highest BCUT2D eigenvalue weighted by Gasteiger charge is 2.37. The third-order valence-electron chi connectivity index (χ3n) is 3.01. The Morgan fingerprint density at radius 3 is 2.59 bits per heavy atom. The normalized spacial score (nSPS) is 18.4. The van der Waals surface area contributed by atoms with Crippen molar-refractivity contribution >= 4 is 0 Å². The number of aryl methyl sites for hydroxylation is 1. The Morgan fingerprint density at radius 2 is 1.94 bits per heavy atom. The molecular formula is C12H16FNO3. The van der Waals surface area contributed by atoms with Gasteiger partial charge in [0.15, 0.2) is 0 Å². The Kier molecular flexibility index (Phi) is 3.44. The Hall–Kier alpha value is -1.01. The number of ether oxygens (including phenoxy) is 1. The smallest absolute Gasteiger partial charge is 0.256 e. The number of halogens is 1. The molecule has 1 aromatic rings. The second-order valence-electron chi connectivity index (χ2n) is 4.17. The van der Waals surface area contributed by atoms with E-state index in [1.165, 1.54) is 11.0 Å². The van der Waals surface area contributed by atoms with Crippen LogP contribution in [0.25, 0.3) is 0 Å². The summed E-state index contributed by atoms with van der Waals surface area (Å²) in [6.07, 6.45) is 0. The zero-order valence-corrected chi connectivity index (χ0v) is 9.69. The van der Waals surface area contributed by atoms with Crippen LogP contribution < -0.4 is 0 Å². The molecule has 2 N–H and O–H groups in total. The van der Waals surface area contributed by atoms with Crippen LogP contribution in [0.1, 0.15) is 11.1 Å². The van der Waals surface area contributed by atoms with E-state index in [4.69, 9.17) is 4.74 Å². The molecule has 1 aliphatic heterocycles. The average molecular weight is 241 g/mol. The van der Waals surface area contributed by atoms with Gasteiger partial charge in [0.2, 0.25) is 0 Å². The number of hydrogen-bond acceptors (Lipinski definition) is 4. The van der Waals surface area contributed by atoms with Crippen molar-refractivity contribution in [2.45, 2.75) is 12.8 Å². The SMILES string of the molecule is Cc1cccc(C(O)(O)N2CCOCC2)c1F. The Bertz CT molecular complexity index is 403. The number of nitrogens with zero attached hydrogens (tertiary/aromatic N) is 1. The van der Waals surface area contributed by atoms with Gasteiger partial charge in [-0.15, -0.1) is 0 Å². The fourth-order valence-corrected chi connectivity index (χ4v) is 1.95. The van der Waals surface area contributed by atoms with E-state index in [1.807, 2.05) is 0 Å². The molecule has 0 spiro atoms. The van der Waals surface area contributed by atoms with Crippen molar-refractivity contribution in [1.29, 1.82) is 0 Å². The minimum absolute atomic E-state index is 0.112. The molecule has 0 saturated carbocycles. The van der Waals surface area contributed by atoms with E-state index in [1.54, 1.807) is 19.1 Å². The van der Waals surface area contributed by atoms with Crippen molar-refractivity contribution in [2.75, 3.05) is 26.3 Å². The van der Waals surface area contributed by atoms with Crippen molar-refractivity contribution in [3.8, 4) is 0 Å². The summed E-state index contributed by atoms with van der Waals surface area (Å²) in [5.74, 6) is -2.86. The number of hydrogen-bond donors (Lipinski definition) is 2. The zero-order chi connectivity index (χ0) is 12.5. The summed E-state index contributed by atoms with van der Waals surface area (Å²) in [4.78, 5) is 1.40. The van der Waals surface area contributed by atoms with E-state index in [-0.39, 0.29) is 5.56 Å². The Labute approximate surface area is 99.2 Å². The predicted octanol–water partition coefficient (Wildman–Crippen LogP) is 0.561. The van der Waals surface area contributed by atoms with Gasteiger partial charge in [0, 0.05) is 13.1 Å². The second-order valence-corrected chi connectivity index (χ2v) is 4.17. The van der Waals surface area contributed by atoms with Crippen molar-refractivity contribution < 1.29 is 19.3 Å². The van der Waals surface area contributed by atoms with Crippen LogP contribution in [0.5, 0.6) is 0 Å². The van der Waals surface area contributed by atoms with Crippen LogP contribution in [0.15, 0.2) is 18.2 Å². The molecule has 1 heterocycles. The molecule has 0 radical (unpaired) electrons. The highest BCUT2D eigenvalue weighted by Crippen LogP contribution is 2.27. The first kappa shape index (κ1) is 12.4. The molecule has 0 unspecified atom stereocenters. The lowest BCUT2D eigenvalue weighted by atomic mass is 10.1. The minimum atomic E-state index is -2.28. The van der Waals surface area contributed by atoms with Gasteiger partial charge < -0.3 is 14.9 Å². The molecule has 1 saturated heterocycles. The fraction of sp³-hybridized carbons (Fsp3) is 0.500. The first-order valence-electron chi connectivity index (χ1n) is 5.56. The van der Waals surface area contributed by atoms with Crippen LogP contribution in [-0.2, 0) is 10.6 Å². The largest absolute Gasteiger partial charge is 0.379 e. The third kappa shape index (κ3) is 2.32. The van der Waals surface area contributed by atoms with Crippen LogP contribution in [0.4, 0.5) is 4.39 Å². The lowest BCUT2D eigenvalue weighted by Gasteiger charge is -2.37. The molecular weight excluding hydrogens is 225 g/mol. The molecule has 0 bridgehead atoms. The van der Waals surface area contributed by atoms with E-state index < -0.39 is 11.7 Å². The molecule has 0 atom stereocenters. The summed E-state index contributed by atoms with van der Waals surface area (Å²) in [6, 6.07) is 4.58. The van der Waals surface area contributed by atoms with E-state index in [0.717, 1.165) is 0 Å². The lowest BCUT2D eigenvalue weighted by molar-refractivity contribution is -0.288. The summed E-state index contributed by atoms with van der Waals surface area (Å²) in [5.41, 5.74) is 0.280. The van der Waals surface area contributed by atoms with Gasteiger partial charge in [-0.25, -0.2) is 9.29 Å².